The number of ether oxygens (including phenoxy) is 1. The number of carbonyl (C=O) groups is 1. The van der Waals surface area contributed by atoms with Crippen molar-refractivity contribution < 1.29 is 9.53 Å². The van der Waals surface area contributed by atoms with Crippen LogP contribution in [-0.4, -0.2) is 47.8 Å². The fourth-order valence-electron chi connectivity index (χ4n) is 3.27. The van der Waals surface area contributed by atoms with Crippen molar-refractivity contribution >= 4 is 6.09 Å². The molecular formula is C16H31N3O2. The molecule has 0 bridgehead atoms. The zero-order valence-electron chi connectivity index (χ0n) is 13.7. The number of nitrogens with two attached hydrogens (primary N) is 1. The highest BCUT2D eigenvalue weighted by atomic mass is 16.6. The predicted octanol–water partition coefficient (Wildman–Crippen LogP) is 2.25. The van der Waals surface area contributed by atoms with Crippen LogP contribution >= 0.6 is 0 Å². The lowest BCUT2D eigenvalue weighted by molar-refractivity contribution is 0.0242. The van der Waals surface area contributed by atoms with Crippen molar-refractivity contribution in [2.45, 2.75) is 83.0 Å². The van der Waals surface area contributed by atoms with E-state index in [0.29, 0.717) is 18.1 Å². The Labute approximate surface area is 128 Å². The number of rotatable bonds is 2. The first-order valence-corrected chi connectivity index (χ1v) is 8.33. The maximum Gasteiger partial charge on any atom is 0.410 e. The molecule has 0 aromatic heterocycles. The van der Waals surface area contributed by atoms with Crippen LogP contribution in [0.4, 0.5) is 4.79 Å². The molecule has 1 aliphatic carbocycles. The minimum absolute atomic E-state index is 0.181. The van der Waals surface area contributed by atoms with E-state index in [-0.39, 0.29) is 6.09 Å². The van der Waals surface area contributed by atoms with Gasteiger partial charge >= 0.3 is 6.09 Å². The van der Waals surface area contributed by atoms with Crippen molar-refractivity contribution in [2.24, 2.45) is 5.73 Å². The van der Waals surface area contributed by atoms with Crippen LogP contribution in [0.1, 0.15) is 59.3 Å². The number of nitrogens with zero attached hydrogens (tertiary/aromatic N) is 1. The van der Waals surface area contributed by atoms with E-state index in [1.807, 2.05) is 25.7 Å². The average molecular weight is 297 g/mol. The van der Waals surface area contributed by atoms with E-state index in [4.69, 9.17) is 10.5 Å². The molecule has 1 saturated carbocycles. The summed E-state index contributed by atoms with van der Waals surface area (Å²) in [6.07, 6.45) is 6.49. The highest BCUT2D eigenvalue weighted by Gasteiger charge is 2.29. The number of amides is 1. The van der Waals surface area contributed by atoms with Gasteiger partial charge in [0.05, 0.1) is 0 Å². The van der Waals surface area contributed by atoms with Gasteiger partial charge in [0.1, 0.15) is 5.60 Å². The van der Waals surface area contributed by atoms with E-state index in [0.717, 1.165) is 51.6 Å². The molecular weight excluding hydrogens is 266 g/mol. The first-order valence-electron chi connectivity index (χ1n) is 8.33. The highest BCUT2D eigenvalue weighted by Crippen LogP contribution is 2.20. The number of carbonyl (C=O) groups excluding carboxylic acids is 1. The van der Waals surface area contributed by atoms with Gasteiger partial charge in [-0.3, -0.25) is 0 Å². The van der Waals surface area contributed by atoms with Crippen LogP contribution in [0.3, 0.4) is 0 Å². The minimum atomic E-state index is -0.426. The number of likely N-dealkylation sites (tertiary alicyclic amines) is 1. The lowest BCUT2D eigenvalue weighted by Crippen LogP contribution is -2.47. The molecule has 0 aromatic carbocycles. The molecule has 3 unspecified atom stereocenters. The summed E-state index contributed by atoms with van der Waals surface area (Å²) in [5.74, 6) is 0. The quantitative estimate of drug-likeness (QED) is 0.820. The first kappa shape index (κ1) is 16.6. The number of nitrogens with one attached hydrogen (secondary N) is 1. The summed E-state index contributed by atoms with van der Waals surface area (Å²) in [5.41, 5.74) is 5.56. The van der Waals surface area contributed by atoms with Crippen molar-refractivity contribution in [2.75, 3.05) is 13.1 Å². The lowest BCUT2D eigenvalue weighted by Gasteiger charge is -2.29. The summed E-state index contributed by atoms with van der Waals surface area (Å²) < 4.78 is 5.51. The molecule has 2 rings (SSSR count). The van der Waals surface area contributed by atoms with Gasteiger partial charge in [0, 0.05) is 31.2 Å². The van der Waals surface area contributed by atoms with E-state index < -0.39 is 5.60 Å². The normalized spacial score (nSPS) is 31.0. The summed E-state index contributed by atoms with van der Waals surface area (Å²) in [4.78, 5) is 14.1. The first-order chi connectivity index (χ1) is 9.83. The average Bonchev–Trinajstić information content (AvgIpc) is 2.62. The second-order valence-corrected chi connectivity index (χ2v) is 7.56. The third-order valence-electron chi connectivity index (χ3n) is 4.27. The Balaban J connectivity index is 1.87. The molecule has 0 spiro atoms. The van der Waals surface area contributed by atoms with Gasteiger partial charge in [0.15, 0.2) is 0 Å². The highest BCUT2D eigenvalue weighted by molar-refractivity contribution is 5.68. The van der Waals surface area contributed by atoms with Gasteiger partial charge in [-0.1, -0.05) is 6.42 Å². The van der Waals surface area contributed by atoms with Crippen LogP contribution in [0, 0.1) is 0 Å². The van der Waals surface area contributed by atoms with Crippen LogP contribution in [0.2, 0.25) is 0 Å². The van der Waals surface area contributed by atoms with Gasteiger partial charge in [-0.15, -0.1) is 0 Å². The van der Waals surface area contributed by atoms with Gasteiger partial charge in [-0.2, -0.15) is 0 Å². The Morgan fingerprint density at radius 2 is 1.95 bits per heavy atom. The van der Waals surface area contributed by atoms with Gasteiger partial charge < -0.3 is 20.7 Å². The van der Waals surface area contributed by atoms with Crippen molar-refractivity contribution in [3.05, 3.63) is 0 Å². The Hall–Kier alpha value is -0.810. The lowest BCUT2D eigenvalue weighted by atomic mass is 10.1. The number of hydrogen-bond donors (Lipinski definition) is 2. The molecule has 1 aliphatic heterocycles. The molecule has 5 heteroatoms. The second-order valence-electron chi connectivity index (χ2n) is 7.56. The fraction of sp³-hybridized carbons (Fsp3) is 0.938. The summed E-state index contributed by atoms with van der Waals surface area (Å²) in [5, 5.41) is 3.71. The Kier molecular flexibility index (Phi) is 5.49. The minimum Gasteiger partial charge on any atom is -0.444 e. The molecule has 1 saturated heterocycles. The standard InChI is InChI=1S/C16H31N3O2/c1-16(2,3)21-15(20)19-9-5-4-6-14(11-19)18-13-8-7-12(17)10-13/h12-14,18H,4-11,17H2,1-3H3. The van der Waals surface area contributed by atoms with Gasteiger partial charge in [0.2, 0.25) is 0 Å². The largest absolute Gasteiger partial charge is 0.444 e. The van der Waals surface area contributed by atoms with E-state index in [9.17, 15) is 4.79 Å². The van der Waals surface area contributed by atoms with Crippen LogP contribution in [0.5, 0.6) is 0 Å². The Bertz CT molecular complexity index is 354. The van der Waals surface area contributed by atoms with Crippen molar-refractivity contribution in [3.63, 3.8) is 0 Å². The second kappa shape index (κ2) is 6.97. The Morgan fingerprint density at radius 3 is 2.57 bits per heavy atom. The van der Waals surface area contributed by atoms with Crippen LogP contribution in [0.25, 0.3) is 0 Å². The maximum absolute atomic E-state index is 12.3. The van der Waals surface area contributed by atoms with E-state index >= 15 is 0 Å². The predicted molar refractivity (Wildman–Crippen MR) is 84.2 cm³/mol. The molecule has 21 heavy (non-hydrogen) atoms. The molecule has 2 aliphatic rings. The molecule has 5 nitrogen and oxygen atoms in total. The van der Waals surface area contributed by atoms with Crippen LogP contribution < -0.4 is 11.1 Å². The Morgan fingerprint density at radius 1 is 1.19 bits per heavy atom. The topological polar surface area (TPSA) is 67.6 Å². The monoisotopic (exact) mass is 297 g/mol. The summed E-state index contributed by atoms with van der Waals surface area (Å²) in [7, 11) is 0. The van der Waals surface area contributed by atoms with Crippen molar-refractivity contribution in [1.29, 1.82) is 0 Å². The summed E-state index contributed by atoms with van der Waals surface area (Å²) >= 11 is 0. The summed E-state index contributed by atoms with van der Waals surface area (Å²) in [6.45, 7) is 7.30. The zero-order chi connectivity index (χ0) is 15.5. The molecule has 0 aromatic rings. The van der Waals surface area contributed by atoms with Gasteiger partial charge in [-0.25, -0.2) is 4.79 Å². The van der Waals surface area contributed by atoms with Gasteiger partial charge in [-0.05, 0) is 52.9 Å². The third-order valence-corrected chi connectivity index (χ3v) is 4.27. The molecule has 1 amide bonds. The molecule has 3 atom stereocenters. The smallest absolute Gasteiger partial charge is 0.410 e. The van der Waals surface area contributed by atoms with Crippen molar-refractivity contribution in [1.82, 2.24) is 10.2 Å². The molecule has 2 fully saturated rings. The van der Waals surface area contributed by atoms with Crippen molar-refractivity contribution in [3.8, 4) is 0 Å². The summed E-state index contributed by atoms with van der Waals surface area (Å²) in [6, 6.07) is 1.23. The molecule has 1 heterocycles. The van der Waals surface area contributed by atoms with Crippen LogP contribution in [-0.2, 0) is 4.74 Å². The third kappa shape index (κ3) is 5.47. The fourth-order valence-corrected chi connectivity index (χ4v) is 3.27. The van der Waals surface area contributed by atoms with E-state index in [1.165, 1.54) is 0 Å². The molecule has 122 valence electrons. The van der Waals surface area contributed by atoms with E-state index in [1.54, 1.807) is 0 Å². The molecule has 3 N–H and O–H groups in total. The SMILES string of the molecule is CC(C)(C)OC(=O)N1CCCCC(NC2CCC(N)C2)C1. The van der Waals surface area contributed by atoms with Crippen LogP contribution in [0.15, 0.2) is 0 Å². The number of hydrogen-bond acceptors (Lipinski definition) is 4. The zero-order valence-corrected chi connectivity index (χ0v) is 13.7. The maximum atomic E-state index is 12.3. The van der Waals surface area contributed by atoms with Gasteiger partial charge in [0.25, 0.3) is 0 Å². The molecule has 0 radical (unpaired) electrons. The van der Waals surface area contributed by atoms with E-state index in [2.05, 4.69) is 5.32 Å².